The first kappa shape index (κ1) is 23.1. The molecule has 0 saturated carbocycles. The van der Waals surface area contributed by atoms with Crippen molar-refractivity contribution in [2.75, 3.05) is 13.2 Å². The second kappa shape index (κ2) is 8.69. The van der Waals surface area contributed by atoms with Gasteiger partial charge in [-0.25, -0.2) is 0 Å². The fraction of sp³-hybridized carbons (Fsp3) is 0.375. The molecule has 2 unspecified atom stereocenters. The smallest absolute Gasteiger partial charge is 0.251 e. The highest BCUT2D eigenvalue weighted by Crippen LogP contribution is 2.37. The highest BCUT2D eigenvalue weighted by atomic mass is 35.5. The summed E-state index contributed by atoms with van der Waals surface area (Å²) in [7, 11) is 0. The molecule has 8 heteroatoms. The van der Waals surface area contributed by atoms with Gasteiger partial charge >= 0.3 is 0 Å². The second-order valence-electron chi connectivity index (χ2n) is 8.72. The molecule has 1 fully saturated rings. The first-order chi connectivity index (χ1) is 15.0. The van der Waals surface area contributed by atoms with Gasteiger partial charge in [0, 0.05) is 22.2 Å². The van der Waals surface area contributed by atoms with E-state index in [0.29, 0.717) is 28.8 Å². The Balaban J connectivity index is 1.47. The summed E-state index contributed by atoms with van der Waals surface area (Å²) in [6.07, 6.45) is 1.82. The van der Waals surface area contributed by atoms with Crippen molar-refractivity contribution < 1.29 is 19.1 Å². The Hall–Kier alpha value is -2.09. The third kappa shape index (κ3) is 4.95. The van der Waals surface area contributed by atoms with Crippen molar-refractivity contribution in [3.63, 3.8) is 0 Å². The highest BCUT2D eigenvalue weighted by molar-refractivity contribution is 6.34. The summed E-state index contributed by atoms with van der Waals surface area (Å²) in [6.45, 7) is 8.41. The number of halogens is 2. The van der Waals surface area contributed by atoms with Crippen LogP contribution in [-0.4, -0.2) is 30.9 Å². The maximum absolute atomic E-state index is 12.7. The molecule has 0 bridgehead atoms. The van der Waals surface area contributed by atoms with Crippen LogP contribution in [0.1, 0.15) is 47.8 Å². The zero-order valence-electron chi connectivity index (χ0n) is 18.4. The fourth-order valence-corrected chi connectivity index (χ4v) is 4.40. The predicted octanol–water partition coefficient (Wildman–Crippen LogP) is 4.97. The van der Waals surface area contributed by atoms with Crippen LogP contribution in [-0.2, 0) is 19.9 Å². The number of ether oxygens (including phenoxy) is 2. The first-order valence-corrected chi connectivity index (χ1v) is 11.1. The lowest BCUT2D eigenvalue weighted by molar-refractivity contribution is -0.137. The van der Waals surface area contributed by atoms with Crippen LogP contribution in [0.4, 0.5) is 0 Å². The Labute approximate surface area is 197 Å². The van der Waals surface area contributed by atoms with Crippen LogP contribution in [0, 0.1) is 6.92 Å². The van der Waals surface area contributed by atoms with E-state index >= 15 is 0 Å². The van der Waals surface area contributed by atoms with Gasteiger partial charge in [0.1, 0.15) is 11.7 Å². The minimum absolute atomic E-state index is 0.148. The number of rotatable bonds is 5. The average molecular weight is 477 g/mol. The van der Waals surface area contributed by atoms with Gasteiger partial charge in [-0.1, -0.05) is 29.3 Å². The molecule has 1 saturated heterocycles. The molecule has 0 radical (unpaired) electrons. The van der Waals surface area contributed by atoms with Crippen LogP contribution in [0.25, 0.3) is 5.70 Å². The monoisotopic (exact) mass is 476 g/mol. The molecule has 2 aromatic rings. The molecule has 0 spiro atoms. The van der Waals surface area contributed by atoms with Crippen LogP contribution in [0.5, 0.6) is 0 Å². The lowest BCUT2D eigenvalue weighted by Gasteiger charge is -2.21. The molecule has 4 rings (SSSR count). The van der Waals surface area contributed by atoms with Crippen LogP contribution in [0.2, 0.25) is 10.0 Å². The Morgan fingerprint density at radius 1 is 1.16 bits per heavy atom. The van der Waals surface area contributed by atoms with Crippen molar-refractivity contribution in [2.45, 2.75) is 45.2 Å². The van der Waals surface area contributed by atoms with Crippen molar-refractivity contribution in [3.05, 3.63) is 74.8 Å². The number of hydroxylamine groups is 1. The highest BCUT2D eigenvalue weighted by Gasteiger charge is 2.34. The van der Waals surface area contributed by atoms with E-state index in [4.69, 9.17) is 37.5 Å². The second-order valence-corrected chi connectivity index (χ2v) is 9.59. The van der Waals surface area contributed by atoms with E-state index in [2.05, 4.69) is 10.8 Å². The summed E-state index contributed by atoms with van der Waals surface area (Å²) in [6, 6.07) is 11.0. The van der Waals surface area contributed by atoms with Gasteiger partial charge in [-0.3, -0.25) is 15.1 Å². The summed E-state index contributed by atoms with van der Waals surface area (Å²) in [4.78, 5) is 18.5. The lowest BCUT2D eigenvalue weighted by atomic mass is 9.94. The summed E-state index contributed by atoms with van der Waals surface area (Å²) in [5.74, 6) is -0.757. The number of carbonyl (C=O) groups excluding carboxylic acids is 1. The lowest BCUT2D eigenvalue weighted by Crippen LogP contribution is -2.34. The standard InChI is InChI=1S/C24H26Cl2N2O4/c1-14-7-15(5-6-20(14)22(29)27-12-19-13-30-23(2,3)31-19)21-11-24(4,32-28-21)16-8-17(25)10-18(26)9-16/h5-11,19,28H,12-13H2,1-4H3,(H,27,29). The van der Waals surface area contributed by atoms with E-state index < -0.39 is 11.4 Å². The summed E-state index contributed by atoms with van der Waals surface area (Å²) >= 11 is 12.3. The quantitative estimate of drug-likeness (QED) is 0.636. The minimum atomic E-state index is -0.731. The molecule has 6 nitrogen and oxygen atoms in total. The molecule has 2 aromatic carbocycles. The van der Waals surface area contributed by atoms with Crippen LogP contribution >= 0.6 is 23.2 Å². The van der Waals surface area contributed by atoms with Gasteiger partial charge in [-0.15, -0.1) is 0 Å². The number of nitrogens with one attached hydrogen (secondary N) is 2. The van der Waals surface area contributed by atoms with Gasteiger partial charge in [-0.2, -0.15) is 0 Å². The largest absolute Gasteiger partial charge is 0.349 e. The van der Waals surface area contributed by atoms with E-state index in [1.165, 1.54) is 0 Å². The Morgan fingerprint density at radius 3 is 2.50 bits per heavy atom. The number of hydrogen-bond acceptors (Lipinski definition) is 5. The van der Waals surface area contributed by atoms with Crippen LogP contribution in [0.15, 0.2) is 42.5 Å². The first-order valence-electron chi connectivity index (χ1n) is 10.4. The molecule has 2 N–H and O–H groups in total. The number of carbonyl (C=O) groups is 1. The summed E-state index contributed by atoms with van der Waals surface area (Å²) < 4.78 is 11.3. The third-order valence-electron chi connectivity index (χ3n) is 5.57. The Kier molecular flexibility index (Phi) is 6.27. The maximum atomic E-state index is 12.7. The van der Waals surface area contributed by atoms with E-state index in [1.54, 1.807) is 6.07 Å². The topological polar surface area (TPSA) is 68.8 Å². The molecule has 170 valence electrons. The summed E-state index contributed by atoms with van der Waals surface area (Å²) in [5, 5.41) is 4.02. The molecule has 2 aliphatic heterocycles. The Morgan fingerprint density at radius 2 is 1.88 bits per heavy atom. The molecule has 2 aliphatic rings. The van der Waals surface area contributed by atoms with Gasteiger partial charge in [0.05, 0.1) is 12.3 Å². The molecular weight excluding hydrogens is 451 g/mol. The van der Waals surface area contributed by atoms with Gasteiger partial charge in [0.2, 0.25) is 0 Å². The van der Waals surface area contributed by atoms with E-state index in [0.717, 1.165) is 22.4 Å². The van der Waals surface area contributed by atoms with E-state index in [9.17, 15) is 4.79 Å². The van der Waals surface area contributed by atoms with Crippen molar-refractivity contribution in [1.82, 2.24) is 10.8 Å². The van der Waals surface area contributed by atoms with Gasteiger partial charge in [-0.05, 0) is 80.8 Å². The van der Waals surface area contributed by atoms with Crippen molar-refractivity contribution in [2.24, 2.45) is 0 Å². The SMILES string of the molecule is Cc1cc(C2=CC(C)(c3cc(Cl)cc(Cl)c3)ON2)ccc1C(=O)NCC1COC(C)(C)O1. The molecule has 2 heterocycles. The minimum Gasteiger partial charge on any atom is -0.349 e. The molecule has 0 aliphatic carbocycles. The van der Waals surface area contributed by atoms with Crippen molar-refractivity contribution in [1.29, 1.82) is 0 Å². The normalized spacial score (nSPS) is 24.2. The zero-order valence-corrected chi connectivity index (χ0v) is 19.9. The zero-order chi connectivity index (χ0) is 23.1. The van der Waals surface area contributed by atoms with Crippen LogP contribution < -0.4 is 10.8 Å². The molecule has 1 amide bonds. The maximum Gasteiger partial charge on any atom is 0.251 e. The number of aryl methyl sites for hydroxylation is 1. The Bertz CT molecular complexity index is 1070. The molecule has 2 atom stereocenters. The number of amides is 1. The number of hydrogen-bond donors (Lipinski definition) is 2. The van der Waals surface area contributed by atoms with Crippen molar-refractivity contribution in [3.8, 4) is 0 Å². The molecule has 0 aromatic heterocycles. The van der Waals surface area contributed by atoms with Gasteiger partial charge < -0.3 is 14.8 Å². The van der Waals surface area contributed by atoms with Crippen molar-refractivity contribution >= 4 is 34.8 Å². The predicted molar refractivity (Wildman–Crippen MR) is 124 cm³/mol. The molecule has 32 heavy (non-hydrogen) atoms. The summed E-state index contributed by atoms with van der Waals surface area (Å²) in [5.41, 5.74) is 6.27. The van der Waals surface area contributed by atoms with E-state index in [-0.39, 0.29) is 12.0 Å². The third-order valence-corrected chi connectivity index (χ3v) is 6.00. The number of benzene rings is 2. The van der Waals surface area contributed by atoms with Crippen LogP contribution in [0.3, 0.4) is 0 Å². The van der Waals surface area contributed by atoms with Gasteiger partial charge in [0.15, 0.2) is 5.79 Å². The molecular formula is C24H26Cl2N2O4. The fourth-order valence-electron chi connectivity index (χ4n) is 3.87. The van der Waals surface area contributed by atoms with E-state index in [1.807, 2.05) is 64.1 Å². The average Bonchev–Trinajstić information content (AvgIpc) is 3.28. The van der Waals surface area contributed by atoms with Gasteiger partial charge in [0.25, 0.3) is 5.91 Å².